The summed E-state index contributed by atoms with van der Waals surface area (Å²) in [5.74, 6) is -4.61. The summed E-state index contributed by atoms with van der Waals surface area (Å²) in [6.07, 6.45) is 2.56. The number of carboxylic acid groups (broad SMARTS) is 1. The van der Waals surface area contributed by atoms with Gasteiger partial charge >= 0.3 is 5.97 Å². The number of nitrogens with zero attached hydrogens (tertiary/aromatic N) is 1. The second kappa shape index (κ2) is 6.60. The number of halogens is 2. The van der Waals surface area contributed by atoms with Crippen LogP contribution in [0, 0.1) is 0 Å². The number of carbonyl (C=O) groups is 2. The minimum Gasteiger partial charge on any atom is -0.477 e. The molecule has 7 heteroatoms. The quantitative estimate of drug-likeness (QED) is 0.872. The lowest BCUT2D eigenvalue weighted by Gasteiger charge is -2.41. The molecule has 1 fully saturated rings. The second-order valence-corrected chi connectivity index (χ2v) is 6.11. The van der Waals surface area contributed by atoms with E-state index in [2.05, 4.69) is 10.3 Å². The fraction of sp³-hybridized carbons (Fsp3) is 0.562. The Morgan fingerprint density at radius 1 is 1.35 bits per heavy atom. The molecule has 0 bridgehead atoms. The topological polar surface area (TPSA) is 79.3 Å². The van der Waals surface area contributed by atoms with Crippen LogP contribution in [-0.4, -0.2) is 33.4 Å². The second-order valence-electron chi connectivity index (χ2n) is 6.11. The van der Waals surface area contributed by atoms with Gasteiger partial charge in [0.1, 0.15) is 5.54 Å². The number of hydrogen-bond acceptors (Lipinski definition) is 3. The summed E-state index contributed by atoms with van der Waals surface area (Å²) in [5.41, 5.74) is -1.24. The molecule has 1 atom stereocenters. The molecule has 1 aromatic heterocycles. The number of aromatic nitrogens is 1. The molecule has 2 N–H and O–H groups in total. The van der Waals surface area contributed by atoms with E-state index < -0.39 is 23.3 Å². The molecule has 1 heterocycles. The highest BCUT2D eigenvalue weighted by atomic mass is 19.3. The molecule has 1 aromatic rings. The largest absolute Gasteiger partial charge is 0.477 e. The summed E-state index contributed by atoms with van der Waals surface area (Å²) in [7, 11) is 0. The number of carboxylic acids is 1. The van der Waals surface area contributed by atoms with Crippen molar-refractivity contribution in [3.8, 4) is 0 Å². The van der Waals surface area contributed by atoms with E-state index in [9.17, 15) is 18.4 Å². The van der Waals surface area contributed by atoms with Gasteiger partial charge in [-0.3, -0.25) is 4.79 Å². The fourth-order valence-electron chi connectivity index (χ4n) is 2.89. The Labute approximate surface area is 133 Å². The van der Waals surface area contributed by atoms with Crippen molar-refractivity contribution in [2.24, 2.45) is 0 Å². The van der Waals surface area contributed by atoms with Gasteiger partial charge in [-0.25, -0.2) is 18.6 Å². The molecule has 0 spiro atoms. The monoisotopic (exact) mass is 326 g/mol. The Hall–Kier alpha value is -2.05. The average Bonchev–Trinajstić information content (AvgIpc) is 2.48. The molecule has 0 saturated heterocycles. The molecule has 0 aliphatic heterocycles. The van der Waals surface area contributed by atoms with Crippen molar-refractivity contribution in [1.29, 1.82) is 0 Å². The summed E-state index contributed by atoms with van der Waals surface area (Å²) in [4.78, 5) is 26.9. The van der Waals surface area contributed by atoms with Crippen molar-refractivity contribution in [3.05, 3.63) is 29.6 Å². The molecule has 1 saturated carbocycles. The van der Waals surface area contributed by atoms with Crippen LogP contribution in [0.25, 0.3) is 0 Å². The number of hydrogen-bond donors (Lipinski definition) is 2. The summed E-state index contributed by atoms with van der Waals surface area (Å²) >= 11 is 0. The van der Waals surface area contributed by atoms with Gasteiger partial charge < -0.3 is 10.4 Å². The van der Waals surface area contributed by atoms with Gasteiger partial charge in [-0.1, -0.05) is 12.5 Å². The van der Waals surface area contributed by atoms with E-state index in [1.54, 1.807) is 12.1 Å². The number of carbonyl (C=O) groups excluding carboxylic acids is 1. The summed E-state index contributed by atoms with van der Waals surface area (Å²) < 4.78 is 28.1. The van der Waals surface area contributed by atoms with E-state index in [0.29, 0.717) is 18.4 Å². The van der Waals surface area contributed by atoms with Crippen molar-refractivity contribution in [1.82, 2.24) is 10.3 Å². The third-order valence-corrected chi connectivity index (χ3v) is 4.36. The number of aryl methyl sites for hydroxylation is 1. The van der Waals surface area contributed by atoms with Crippen LogP contribution in [0.3, 0.4) is 0 Å². The Bertz CT molecular complexity index is 607. The molecule has 23 heavy (non-hydrogen) atoms. The lowest BCUT2D eigenvalue weighted by Crippen LogP contribution is -2.59. The minimum atomic E-state index is -2.93. The summed E-state index contributed by atoms with van der Waals surface area (Å²) in [6.45, 7) is 1.37. The lowest BCUT2D eigenvalue weighted by molar-refractivity contribution is -0.139. The minimum absolute atomic E-state index is 0.0579. The van der Waals surface area contributed by atoms with Gasteiger partial charge in [-0.2, -0.15) is 0 Å². The Morgan fingerprint density at radius 3 is 2.70 bits per heavy atom. The van der Waals surface area contributed by atoms with Gasteiger partial charge in [0.2, 0.25) is 5.91 Å². The molecule has 1 aliphatic rings. The van der Waals surface area contributed by atoms with Gasteiger partial charge in [0.05, 0.1) is 0 Å². The van der Waals surface area contributed by atoms with Gasteiger partial charge in [0.25, 0.3) is 5.92 Å². The van der Waals surface area contributed by atoms with Gasteiger partial charge in [-0.15, -0.1) is 0 Å². The number of aromatic carboxylic acids is 1. The predicted octanol–water partition coefficient (Wildman–Crippen LogP) is 2.80. The van der Waals surface area contributed by atoms with E-state index in [1.165, 1.54) is 13.1 Å². The van der Waals surface area contributed by atoms with E-state index in [4.69, 9.17) is 5.11 Å². The smallest absolute Gasteiger partial charge is 0.354 e. The normalized spacial score (nSPS) is 23.3. The highest BCUT2D eigenvalue weighted by Gasteiger charge is 2.52. The van der Waals surface area contributed by atoms with Crippen molar-refractivity contribution in [2.45, 2.75) is 56.9 Å². The maximum Gasteiger partial charge on any atom is 0.354 e. The zero-order chi connectivity index (χ0) is 17.1. The van der Waals surface area contributed by atoms with Gasteiger partial charge in [-0.05, 0) is 37.8 Å². The highest BCUT2D eigenvalue weighted by Crippen LogP contribution is 2.41. The Morgan fingerprint density at radius 2 is 2.04 bits per heavy atom. The summed E-state index contributed by atoms with van der Waals surface area (Å²) in [5, 5.41) is 11.5. The van der Waals surface area contributed by atoms with Crippen molar-refractivity contribution in [3.63, 3.8) is 0 Å². The predicted molar refractivity (Wildman–Crippen MR) is 79.5 cm³/mol. The van der Waals surface area contributed by atoms with Crippen molar-refractivity contribution >= 4 is 11.9 Å². The fourth-order valence-corrected chi connectivity index (χ4v) is 2.89. The summed E-state index contributed by atoms with van der Waals surface area (Å²) in [6, 6.07) is 3.15. The Balaban J connectivity index is 1.99. The van der Waals surface area contributed by atoms with Crippen molar-refractivity contribution in [2.75, 3.05) is 0 Å². The zero-order valence-corrected chi connectivity index (χ0v) is 12.9. The highest BCUT2D eigenvalue weighted by molar-refractivity contribution is 5.87. The first kappa shape index (κ1) is 17.3. The van der Waals surface area contributed by atoms with Crippen LogP contribution in [0.4, 0.5) is 8.78 Å². The first-order valence-electron chi connectivity index (χ1n) is 7.61. The number of pyridine rings is 1. The van der Waals surface area contributed by atoms with Gasteiger partial charge in [0, 0.05) is 19.0 Å². The molecular formula is C16H20F2N2O3. The third kappa shape index (κ3) is 3.83. The molecular weight excluding hydrogens is 306 g/mol. The van der Waals surface area contributed by atoms with Crippen LogP contribution in [-0.2, 0) is 11.2 Å². The van der Waals surface area contributed by atoms with Gasteiger partial charge in [0.15, 0.2) is 5.69 Å². The zero-order valence-electron chi connectivity index (χ0n) is 12.9. The molecule has 2 rings (SSSR count). The van der Waals surface area contributed by atoms with Crippen LogP contribution in [0.15, 0.2) is 18.3 Å². The molecule has 126 valence electrons. The first-order valence-corrected chi connectivity index (χ1v) is 7.61. The molecule has 1 amide bonds. The number of rotatable bonds is 5. The average molecular weight is 326 g/mol. The molecule has 0 aromatic carbocycles. The molecule has 1 aliphatic carbocycles. The van der Waals surface area contributed by atoms with Crippen molar-refractivity contribution < 1.29 is 23.5 Å². The Kier molecular flexibility index (Phi) is 4.97. The van der Waals surface area contributed by atoms with E-state index >= 15 is 0 Å². The van der Waals surface area contributed by atoms with E-state index in [0.717, 1.165) is 0 Å². The van der Waals surface area contributed by atoms with Crippen LogP contribution in [0.5, 0.6) is 0 Å². The maximum absolute atomic E-state index is 14.0. The van der Waals surface area contributed by atoms with Crippen LogP contribution in [0.1, 0.15) is 55.1 Å². The lowest BCUT2D eigenvalue weighted by atomic mass is 9.79. The number of alkyl halides is 2. The van der Waals surface area contributed by atoms with Crippen LogP contribution in [0.2, 0.25) is 0 Å². The van der Waals surface area contributed by atoms with E-state index in [-0.39, 0.29) is 31.4 Å². The van der Waals surface area contributed by atoms with E-state index in [1.807, 2.05) is 0 Å². The van der Waals surface area contributed by atoms with Crippen LogP contribution < -0.4 is 5.32 Å². The van der Waals surface area contributed by atoms with Crippen LogP contribution >= 0.6 is 0 Å². The molecule has 0 radical (unpaired) electrons. The maximum atomic E-state index is 14.0. The molecule has 1 unspecified atom stereocenters. The number of nitrogens with one attached hydrogen (secondary N) is 1. The first-order chi connectivity index (χ1) is 10.8. The third-order valence-electron chi connectivity index (χ3n) is 4.36. The number of amides is 1. The SMILES string of the molecule is CC1(NC(=O)CCc2cccnc2C(=O)O)CCCCC1(F)F. The molecule has 5 nitrogen and oxygen atoms in total. The standard InChI is InChI=1S/C16H20F2N2O3/c1-15(8-2-3-9-16(15,17)18)20-12(21)7-6-11-5-4-10-19-13(11)14(22)23/h4-5,10H,2-3,6-9H2,1H3,(H,20,21)(H,22,23).